The lowest BCUT2D eigenvalue weighted by Gasteiger charge is -2.24. The Morgan fingerprint density at radius 2 is 1.19 bits per heavy atom. The van der Waals surface area contributed by atoms with E-state index in [9.17, 15) is 9.46 Å². The third-order valence-electron chi connectivity index (χ3n) is 7.03. The first-order valence-corrected chi connectivity index (χ1v) is 18.0. The fraction of sp³-hybridized carbons (Fsp3) is 1.00. The summed E-state index contributed by atoms with van der Waals surface area (Å²) in [7, 11) is 4.96. The van der Waals surface area contributed by atoms with Crippen molar-refractivity contribution < 1.29 is 47.0 Å². The minimum atomic E-state index is -4.21. The predicted molar refractivity (Wildman–Crippen MR) is 168 cm³/mol. The molecule has 0 aromatic rings. The van der Waals surface area contributed by atoms with Gasteiger partial charge in [0.2, 0.25) is 0 Å². The number of methoxy groups -OCH3 is 2. The van der Waals surface area contributed by atoms with Crippen LogP contribution in [-0.2, 0) is 37.6 Å². The molecule has 0 spiro atoms. The summed E-state index contributed by atoms with van der Waals surface area (Å²) in [6.07, 6.45) is 19.8. The van der Waals surface area contributed by atoms with Crippen LogP contribution in [0.15, 0.2) is 0 Å². The van der Waals surface area contributed by atoms with E-state index < -0.39 is 13.9 Å². The number of unbranched alkanes of at least 4 members (excludes halogenated alkanes) is 14. The molecule has 0 aromatic heterocycles. The molecule has 1 unspecified atom stereocenters. The average molecular weight is 629 g/mol. The second-order valence-electron chi connectivity index (χ2n) is 12.2. The fourth-order valence-corrected chi connectivity index (χ4v) is 5.05. The molecular weight excluding hydrogens is 561 g/mol. The van der Waals surface area contributed by atoms with Gasteiger partial charge in [-0.15, -0.1) is 0 Å². The first-order valence-electron chi connectivity index (χ1n) is 16.5. The lowest BCUT2D eigenvalue weighted by molar-refractivity contribution is -0.870. The molecule has 2 atom stereocenters. The number of nitrogens with zero attached hydrogens (tertiary/aromatic N) is 1. The van der Waals surface area contributed by atoms with Gasteiger partial charge in [-0.25, -0.2) is 14.3 Å². The molecule has 0 saturated carbocycles. The van der Waals surface area contributed by atoms with Crippen molar-refractivity contribution in [1.29, 1.82) is 0 Å². The standard InChI is InChI=1S/C31H66NO9P/c1-7-8-9-10-11-12-13-14-15-16-17-18-19-21-25-37-28-30(41-38-26-22-20-23-31(35-5)36-6)29-40-42(33,34)39-27-24-32(2,3)4/h30-31H,7-29H2,1-6H3/p+1/t30-/m1/s1. The number of likely N-dealkylation sites (N-methyl/N-ethyl adjacent to an activating group) is 1. The van der Waals surface area contributed by atoms with E-state index in [0.717, 1.165) is 32.1 Å². The summed E-state index contributed by atoms with van der Waals surface area (Å²) >= 11 is 0. The molecule has 0 aliphatic carbocycles. The van der Waals surface area contributed by atoms with E-state index in [4.69, 9.17) is 33.0 Å². The zero-order valence-corrected chi connectivity index (χ0v) is 28.9. The highest BCUT2D eigenvalue weighted by Gasteiger charge is 2.25. The highest BCUT2D eigenvalue weighted by atomic mass is 31.2. The molecule has 0 amide bonds. The minimum absolute atomic E-state index is 0.110. The van der Waals surface area contributed by atoms with Gasteiger partial charge in [0.05, 0.1) is 41.0 Å². The van der Waals surface area contributed by atoms with Crippen LogP contribution in [0.5, 0.6) is 0 Å². The topological polar surface area (TPSA) is 102 Å². The lowest BCUT2D eigenvalue weighted by Crippen LogP contribution is -2.37. The van der Waals surface area contributed by atoms with Gasteiger partial charge in [0.1, 0.15) is 19.3 Å². The molecule has 254 valence electrons. The van der Waals surface area contributed by atoms with Gasteiger partial charge in [-0.2, -0.15) is 0 Å². The van der Waals surface area contributed by atoms with Crippen LogP contribution in [-0.4, -0.2) is 96.7 Å². The fourth-order valence-electron chi connectivity index (χ4n) is 4.31. The SMILES string of the molecule is CCCCCCCCCCCCCCCCOC[C@H](COP(=O)(O)OCC[N+](C)(C)C)OOCCCCC(OC)OC. The Hall–Kier alpha value is -0.130. The van der Waals surface area contributed by atoms with Gasteiger partial charge in [-0.05, 0) is 25.7 Å². The molecule has 0 saturated heterocycles. The van der Waals surface area contributed by atoms with Gasteiger partial charge in [0, 0.05) is 20.8 Å². The minimum Gasteiger partial charge on any atom is -0.379 e. The van der Waals surface area contributed by atoms with Crippen molar-refractivity contribution in [2.45, 2.75) is 128 Å². The van der Waals surface area contributed by atoms with Crippen molar-refractivity contribution >= 4 is 7.82 Å². The first-order chi connectivity index (χ1) is 20.1. The maximum absolute atomic E-state index is 12.3. The van der Waals surface area contributed by atoms with E-state index in [2.05, 4.69) is 6.92 Å². The maximum atomic E-state index is 12.3. The number of rotatable bonds is 33. The molecule has 0 aliphatic heterocycles. The van der Waals surface area contributed by atoms with Gasteiger partial charge < -0.3 is 23.6 Å². The summed E-state index contributed by atoms with van der Waals surface area (Å²) in [6.45, 7) is 3.95. The molecule has 10 nitrogen and oxygen atoms in total. The van der Waals surface area contributed by atoms with Crippen molar-refractivity contribution in [3.8, 4) is 0 Å². The Bertz CT molecular complexity index is 618. The van der Waals surface area contributed by atoms with Crippen LogP contribution in [0.1, 0.15) is 116 Å². The summed E-state index contributed by atoms with van der Waals surface area (Å²) < 4.78 is 39.4. The third kappa shape index (κ3) is 29.9. The van der Waals surface area contributed by atoms with Crippen molar-refractivity contribution in [3.63, 3.8) is 0 Å². The van der Waals surface area contributed by atoms with Crippen molar-refractivity contribution in [3.05, 3.63) is 0 Å². The number of ether oxygens (including phenoxy) is 3. The zero-order valence-electron chi connectivity index (χ0n) is 28.0. The van der Waals surface area contributed by atoms with Gasteiger partial charge in [-0.3, -0.25) is 9.05 Å². The summed E-state index contributed by atoms with van der Waals surface area (Å²) in [4.78, 5) is 20.9. The van der Waals surface area contributed by atoms with Crippen LogP contribution in [0.2, 0.25) is 0 Å². The number of hydrogen-bond donors (Lipinski definition) is 1. The summed E-state index contributed by atoms with van der Waals surface area (Å²) in [5.41, 5.74) is 0. The summed E-state index contributed by atoms with van der Waals surface area (Å²) in [6, 6.07) is 0. The Morgan fingerprint density at radius 3 is 1.71 bits per heavy atom. The molecule has 0 fully saturated rings. The lowest BCUT2D eigenvalue weighted by atomic mass is 10.0. The second kappa shape index (κ2) is 28.4. The highest BCUT2D eigenvalue weighted by Crippen LogP contribution is 2.43. The normalized spacial score (nSPS) is 14.5. The van der Waals surface area contributed by atoms with E-state index in [0.29, 0.717) is 24.2 Å². The van der Waals surface area contributed by atoms with E-state index in [1.807, 2.05) is 21.1 Å². The Morgan fingerprint density at radius 1 is 0.667 bits per heavy atom. The molecule has 1 N–H and O–H groups in total. The van der Waals surface area contributed by atoms with Crippen LogP contribution in [0.4, 0.5) is 0 Å². The Labute approximate surface area is 258 Å². The zero-order chi connectivity index (χ0) is 31.4. The first kappa shape index (κ1) is 41.9. The quantitative estimate of drug-likeness (QED) is 0.0199. The number of phosphoric ester groups is 1. The largest absolute Gasteiger partial charge is 0.472 e. The monoisotopic (exact) mass is 628 g/mol. The number of quaternary nitrogens is 1. The van der Waals surface area contributed by atoms with Crippen LogP contribution < -0.4 is 0 Å². The van der Waals surface area contributed by atoms with Gasteiger partial charge in [0.25, 0.3) is 0 Å². The average Bonchev–Trinajstić information content (AvgIpc) is 2.94. The molecule has 0 bridgehead atoms. The van der Waals surface area contributed by atoms with E-state index in [-0.39, 0.29) is 26.1 Å². The Kier molecular flexibility index (Phi) is 28.3. The maximum Gasteiger partial charge on any atom is 0.472 e. The second-order valence-corrected chi connectivity index (χ2v) is 13.7. The van der Waals surface area contributed by atoms with Gasteiger partial charge in [0.15, 0.2) is 6.29 Å². The summed E-state index contributed by atoms with van der Waals surface area (Å²) in [5.74, 6) is 0. The number of hydrogen-bond acceptors (Lipinski definition) is 8. The molecule has 0 aliphatic rings. The molecule has 11 heteroatoms. The van der Waals surface area contributed by atoms with Crippen LogP contribution in [0.25, 0.3) is 0 Å². The van der Waals surface area contributed by atoms with Gasteiger partial charge in [-0.1, -0.05) is 90.4 Å². The van der Waals surface area contributed by atoms with Crippen LogP contribution in [0, 0.1) is 0 Å². The predicted octanol–water partition coefficient (Wildman–Crippen LogP) is 7.43. The molecule has 0 rings (SSSR count). The van der Waals surface area contributed by atoms with E-state index >= 15 is 0 Å². The molecular formula is C31H67NO9P+. The van der Waals surface area contributed by atoms with Crippen molar-refractivity contribution in [2.75, 3.05) is 74.9 Å². The highest BCUT2D eigenvalue weighted by molar-refractivity contribution is 7.47. The van der Waals surface area contributed by atoms with Crippen molar-refractivity contribution in [2.24, 2.45) is 0 Å². The summed E-state index contributed by atoms with van der Waals surface area (Å²) in [5, 5.41) is 0. The van der Waals surface area contributed by atoms with Crippen LogP contribution >= 0.6 is 7.82 Å². The molecule has 0 aromatic carbocycles. The van der Waals surface area contributed by atoms with E-state index in [1.165, 1.54) is 77.0 Å². The van der Waals surface area contributed by atoms with Gasteiger partial charge >= 0.3 is 7.82 Å². The van der Waals surface area contributed by atoms with Crippen molar-refractivity contribution in [1.82, 2.24) is 0 Å². The molecule has 0 heterocycles. The number of phosphoric acid groups is 1. The smallest absolute Gasteiger partial charge is 0.379 e. The molecule has 42 heavy (non-hydrogen) atoms. The molecule has 0 radical (unpaired) electrons. The van der Waals surface area contributed by atoms with E-state index in [1.54, 1.807) is 14.2 Å². The Balaban J connectivity index is 4.14. The van der Waals surface area contributed by atoms with Crippen LogP contribution in [0.3, 0.4) is 0 Å². The third-order valence-corrected chi connectivity index (χ3v) is 8.02.